The van der Waals surface area contributed by atoms with E-state index in [-0.39, 0.29) is 11.8 Å². The number of carbonyl (C=O) groups excluding carboxylic acids is 1. The van der Waals surface area contributed by atoms with Gasteiger partial charge in [0, 0.05) is 19.0 Å². The number of nitrogens with zero attached hydrogens (tertiary/aromatic N) is 6. The van der Waals surface area contributed by atoms with Gasteiger partial charge in [0.2, 0.25) is 5.91 Å². The van der Waals surface area contributed by atoms with Crippen LogP contribution in [0, 0.1) is 0 Å². The van der Waals surface area contributed by atoms with E-state index in [0.717, 1.165) is 22.4 Å². The molecule has 1 amide bonds. The lowest BCUT2D eigenvalue weighted by Gasteiger charge is -2.17. The van der Waals surface area contributed by atoms with Gasteiger partial charge in [-0.3, -0.25) is 4.79 Å². The predicted molar refractivity (Wildman–Crippen MR) is 109 cm³/mol. The Kier molecular flexibility index (Phi) is 5.33. The number of aromatic nitrogens is 6. The standard InChI is InChI=1S/C21H23N7O/c1-15(2)20-24-17-10-6-7-11-18(17)27(20)13-12-22-21(29)19(28-14-23-25-26-28)16-8-4-3-5-9-16/h3-11,14-15,19H,12-13H2,1-2H3,(H,22,29). The number of benzene rings is 2. The van der Waals surface area contributed by atoms with Crippen LogP contribution in [0.15, 0.2) is 60.9 Å². The lowest BCUT2D eigenvalue weighted by Crippen LogP contribution is -2.35. The summed E-state index contributed by atoms with van der Waals surface area (Å²) >= 11 is 0. The van der Waals surface area contributed by atoms with Crippen molar-refractivity contribution in [2.75, 3.05) is 6.54 Å². The fraction of sp³-hybridized carbons (Fsp3) is 0.286. The predicted octanol–water partition coefficient (Wildman–Crippen LogP) is 2.55. The van der Waals surface area contributed by atoms with Gasteiger partial charge in [0.15, 0.2) is 6.04 Å². The number of nitrogens with one attached hydrogen (secondary N) is 1. The van der Waals surface area contributed by atoms with Gasteiger partial charge in [-0.1, -0.05) is 56.3 Å². The molecule has 0 saturated heterocycles. The molecule has 0 aliphatic carbocycles. The van der Waals surface area contributed by atoms with Crippen LogP contribution in [0.1, 0.15) is 37.2 Å². The van der Waals surface area contributed by atoms with E-state index in [4.69, 9.17) is 4.98 Å². The van der Waals surface area contributed by atoms with E-state index in [0.29, 0.717) is 13.1 Å². The monoisotopic (exact) mass is 389 g/mol. The summed E-state index contributed by atoms with van der Waals surface area (Å²) in [7, 11) is 0. The molecule has 1 N–H and O–H groups in total. The van der Waals surface area contributed by atoms with E-state index in [1.807, 2.05) is 48.5 Å². The highest BCUT2D eigenvalue weighted by Crippen LogP contribution is 2.21. The molecule has 2 heterocycles. The molecule has 0 saturated carbocycles. The number of tetrazole rings is 1. The largest absolute Gasteiger partial charge is 0.352 e. The lowest BCUT2D eigenvalue weighted by molar-refractivity contribution is -0.123. The van der Waals surface area contributed by atoms with Crippen molar-refractivity contribution in [3.05, 3.63) is 72.3 Å². The highest BCUT2D eigenvalue weighted by atomic mass is 16.2. The molecular weight excluding hydrogens is 366 g/mol. The van der Waals surface area contributed by atoms with Crippen molar-refractivity contribution >= 4 is 16.9 Å². The van der Waals surface area contributed by atoms with E-state index in [2.05, 4.69) is 45.3 Å². The van der Waals surface area contributed by atoms with Crippen LogP contribution in [0.4, 0.5) is 0 Å². The third kappa shape index (κ3) is 3.87. The van der Waals surface area contributed by atoms with Crippen LogP contribution in [0.25, 0.3) is 11.0 Å². The molecule has 148 valence electrons. The number of hydrogen-bond acceptors (Lipinski definition) is 5. The average Bonchev–Trinajstić information content (AvgIpc) is 3.38. The van der Waals surface area contributed by atoms with Crippen molar-refractivity contribution in [2.24, 2.45) is 0 Å². The van der Waals surface area contributed by atoms with Crippen molar-refractivity contribution < 1.29 is 4.79 Å². The number of para-hydroxylation sites is 2. The molecule has 1 unspecified atom stereocenters. The van der Waals surface area contributed by atoms with Gasteiger partial charge in [-0.25, -0.2) is 9.67 Å². The second-order valence-corrected chi connectivity index (χ2v) is 7.16. The van der Waals surface area contributed by atoms with Gasteiger partial charge < -0.3 is 9.88 Å². The Labute approximate surface area is 168 Å². The summed E-state index contributed by atoms with van der Waals surface area (Å²) in [6, 6.07) is 16.9. The molecule has 0 aliphatic heterocycles. The molecule has 4 aromatic rings. The molecule has 2 aromatic carbocycles. The van der Waals surface area contributed by atoms with Crippen LogP contribution in [0.5, 0.6) is 0 Å². The first-order valence-electron chi connectivity index (χ1n) is 9.65. The molecule has 8 nitrogen and oxygen atoms in total. The topological polar surface area (TPSA) is 90.5 Å². The summed E-state index contributed by atoms with van der Waals surface area (Å²) in [6.07, 6.45) is 1.46. The molecule has 0 spiro atoms. The molecular formula is C21H23N7O. The quantitative estimate of drug-likeness (QED) is 0.525. The highest BCUT2D eigenvalue weighted by Gasteiger charge is 2.23. The molecule has 29 heavy (non-hydrogen) atoms. The van der Waals surface area contributed by atoms with Gasteiger partial charge in [-0.05, 0) is 28.1 Å². The first-order valence-corrected chi connectivity index (χ1v) is 9.65. The van der Waals surface area contributed by atoms with E-state index in [1.54, 1.807) is 0 Å². The lowest BCUT2D eigenvalue weighted by atomic mass is 10.1. The normalized spacial score (nSPS) is 12.4. The Hall–Kier alpha value is -3.55. The van der Waals surface area contributed by atoms with Crippen molar-refractivity contribution in [3.8, 4) is 0 Å². The van der Waals surface area contributed by atoms with Crippen LogP contribution in [0.3, 0.4) is 0 Å². The van der Waals surface area contributed by atoms with Gasteiger partial charge in [0.25, 0.3) is 0 Å². The summed E-state index contributed by atoms with van der Waals surface area (Å²) in [4.78, 5) is 17.8. The third-order valence-corrected chi connectivity index (χ3v) is 4.83. The zero-order chi connectivity index (χ0) is 20.2. The maximum atomic E-state index is 13.0. The van der Waals surface area contributed by atoms with Crippen molar-refractivity contribution in [1.29, 1.82) is 0 Å². The molecule has 2 aromatic heterocycles. The van der Waals surface area contributed by atoms with Crippen LogP contribution in [-0.2, 0) is 11.3 Å². The second-order valence-electron chi connectivity index (χ2n) is 7.16. The number of rotatable bonds is 7. The Balaban J connectivity index is 1.52. The van der Waals surface area contributed by atoms with Crippen LogP contribution >= 0.6 is 0 Å². The maximum absolute atomic E-state index is 13.0. The zero-order valence-corrected chi connectivity index (χ0v) is 16.4. The van der Waals surface area contributed by atoms with Crippen LogP contribution in [0.2, 0.25) is 0 Å². The summed E-state index contributed by atoms with van der Waals surface area (Å²) in [6.45, 7) is 5.36. The first-order chi connectivity index (χ1) is 14.1. The maximum Gasteiger partial charge on any atom is 0.249 e. The Morgan fingerprint density at radius 1 is 1.07 bits per heavy atom. The van der Waals surface area contributed by atoms with E-state index in [1.165, 1.54) is 11.0 Å². The fourth-order valence-corrected chi connectivity index (χ4v) is 3.50. The Bertz CT molecular complexity index is 1090. The summed E-state index contributed by atoms with van der Waals surface area (Å²) < 4.78 is 3.64. The van der Waals surface area contributed by atoms with Gasteiger partial charge in [-0.15, -0.1) is 5.10 Å². The summed E-state index contributed by atoms with van der Waals surface area (Å²) in [5, 5.41) is 14.3. The zero-order valence-electron chi connectivity index (χ0n) is 16.4. The summed E-state index contributed by atoms with van der Waals surface area (Å²) in [5.74, 6) is 1.15. The fourth-order valence-electron chi connectivity index (χ4n) is 3.50. The third-order valence-electron chi connectivity index (χ3n) is 4.83. The van der Waals surface area contributed by atoms with Crippen molar-refractivity contribution in [1.82, 2.24) is 35.1 Å². The van der Waals surface area contributed by atoms with Crippen molar-refractivity contribution in [3.63, 3.8) is 0 Å². The van der Waals surface area contributed by atoms with Gasteiger partial charge in [0.05, 0.1) is 11.0 Å². The summed E-state index contributed by atoms with van der Waals surface area (Å²) in [5.41, 5.74) is 2.87. The van der Waals surface area contributed by atoms with Gasteiger partial charge in [-0.2, -0.15) is 0 Å². The Morgan fingerprint density at radius 2 is 1.83 bits per heavy atom. The van der Waals surface area contributed by atoms with Crippen molar-refractivity contribution in [2.45, 2.75) is 32.4 Å². The first kappa shape index (κ1) is 18.8. The molecule has 0 fully saturated rings. The number of fused-ring (bicyclic) bond motifs is 1. The number of amides is 1. The van der Waals surface area contributed by atoms with E-state index in [9.17, 15) is 4.79 Å². The molecule has 0 bridgehead atoms. The highest BCUT2D eigenvalue weighted by molar-refractivity contribution is 5.83. The minimum Gasteiger partial charge on any atom is -0.352 e. The van der Waals surface area contributed by atoms with Gasteiger partial charge in [0.1, 0.15) is 12.2 Å². The molecule has 0 radical (unpaired) electrons. The molecule has 1 atom stereocenters. The minimum absolute atomic E-state index is 0.154. The molecule has 4 rings (SSSR count). The Morgan fingerprint density at radius 3 is 2.55 bits per heavy atom. The second kappa shape index (κ2) is 8.22. The minimum atomic E-state index is -0.615. The van der Waals surface area contributed by atoms with Gasteiger partial charge >= 0.3 is 0 Å². The van der Waals surface area contributed by atoms with Crippen LogP contribution in [-0.4, -0.2) is 42.2 Å². The number of hydrogen-bond donors (Lipinski definition) is 1. The van der Waals surface area contributed by atoms with E-state index < -0.39 is 6.04 Å². The van der Waals surface area contributed by atoms with E-state index >= 15 is 0 Å². The molecule has 0 aliphatic rings. The SMILES string of the molecule is CC(C)c1nc2ccccc2n1CCNC(=O)C(c1ccccc1)n1cnnn1. The number of carbonyl (C=O) groups is 1. The van der Waals surface area contributed by atoms with Crippen LogP contribution < -0.4 is 5.32 Å². The number of imidazole rings is 1. The smallest absolute Gasteiger partial charge is 0.249 e. The average molecular weight is 389 g/mol. The molecule has 8 heteroatoms.